The zero-order chi connectivity index (χ0) is 24.1. The van der Waals surface area contributed by atoms with E-state index in [0.717, 1.165) is 18.6 Å². The summed E-state index contributed by atoms with van der Waals surface area (Å²) in [7, 11) is 1.34. The highest BCUT2D eigenvalue weighted by Gasteiger charge is 2.22. The smallest absolute Gasteiger partial charge is 0.418 e. The second-order valence-corrected chi connectivity index (χ2v) is 7.65. The molecule has 0 aromatic heterocycles. The quantitative estimate of drug-likeness (QED) is 0.535. The van der Waals surface area contributed by atoms with Crippen LogP contribution in [0.3, 0.4) is 0 Å². The van der Waals surface area contributed by atoms with E-state index in [9.17, 15) is 14.0 Å². The van der Waals surface area contributed by atoms with E-state index in [1.54, 1.807) is 36.4 Å². The number of carboxylic acids is 1. The van der Waals surface area contributed by atoms with E-state index in [-0.39, 0.29) is 6.61 Å². The molecule has 0 radical (unpaired) electrons. The van der Waals surface area contributed by atoms with Crippen LogP contribution in [0, 0.1) is 11.7 Å². The third kappa shape index (κ3) is 9.10. The number of rotatable bonds is 8. The van der Waals surface area contributed by atoms with Gasteiger partial charge in [0.2, 0.25) is 0 Å². The van der Waals surface area contributed by atoms with Gasteiger partial charge in [-0.25, -0.2) is 18.9 Å². The summed E-state index contributed by atoms with van der Waals surface area (Å²) in [5, 5.41) is 7.79. The summed E-state index contributed by atoms with van der Waals surface area (Å²) in [6, 6.07) is 13.1. The average Bonchev–Trinajstić information content (AvgIpc) is 2.80. The van der Waals surface area contributed by atoms with Gasteiger partial charge in [-0.1, -0.05) is 25.3 Å². The first-order valence-electron chi connectivity index (χ1n) is 11.1. The molecule has 1 aliphatic carbocycles. The summed E-state index contributed by atoms with van der Waals surface area (Å²) in [5.74, 6) is -0.200. The predicted octanol–water partition coefficient (Wildman–Crippen LogP) is 5.80. The van der Waals surface area contributed by atoms with Crippen LogP contribution < -0.4 is 9.64 Å². The van der Waals surface area contributed by atoms with Gasteiger partial charge in [0.05, 0.1) is 24.6 Å². The lowest BCUT2D eigenvalue weighted by atomic mass is 9.90. The summed E-state index contributed by atoms with van der Waals surface area (Å²) < 4.78 is 29.0. The maximum absolute atomic E-state index is 13.7. The van der Waals surface area contributed by atoms with Crippen molar-refractivity contribution in [2.45, 2.75) is 39.0 Å². The molecule has 7 nitrogen and oxygen atoms in total. The van der Waals surface area contributed by atoms with Crippen LogP contribution in [0.2, 0.25) is 0 Å². The number of hydrogen-bond acceptors (Lipinski definition) is 5. The molecule has 0 saturated heterocycles. The zero-order valence-corrected chi connectivity index (χ0v) is 19.2. The molecule has 0 spiro atoms. The summed E-state index contributed by atoms with van der Waals surface area (Å²) in [4.78, 5) is 23.7. The molecule has 0 bridgehead atoms. The van der Waals surface area contributed by atoms with E-state index in [2.05, 4.69) is 4.74 Å². The third-order valence-electron chi connectivity index (χ3n) is 5.09. The van der Waals surface area contributed by atoms with Crippen LogP contribution in [0.25, 0.3) is 0 Å². The van der Waals surface area contributed by atoms with Crippen LogP contribution in [0.5, 0.6) is 5.75 Å². The highest BCUT2D eigenvalue weighted by atomic mass is 19.1. The van der Waals surface area contributed by atoms with Crippen molar-refractivity contribution in [3.63, 3.8) is 0 Å². The maximum atomic E-state index is 13.7. The van der Waals surface area contributed by atoms with Crippen molar-refractivity contribution in [3.8, 4) is 5.75 Å². The van der Waals surface area contributed by atoms with Gasteiger partial charge >= 0.3 is 12.1 Å². The van der Waals surface area contributed by atoms with Crippen molar-refractivity contribution < 1.29 is 33.3 Å². The van der Waals surface area contributed by atoms with E-state index in [0.29, 0.717) is 30.5 Å². The fourth-order valence-corrected chi connectivity index (χ4v) is 3.56. The van der Waals surface area contributed by atoms with Crippen LogP contribution in [-0.4, -0.2) is 44.1 Å². The van der Waals surface area contributed by atoms with Gasteiger partial charge in [0.25, 0.3) is 0 Å². The average molecular weight is 462 g/mol. The lowest BCUT2D eigenvalue weighted by molar-refractivity contribution is -0.141. The molecule has 1 amide bonds. The van der Waals surface area contributed by atoms with E-state index >= 15 is 0 Å². The predicted molar refractivity (Wildman–Crippen MR) is 124 cm³/mol. The zero-order valence-electron chi connectivity index (χ0n) is 19.2. The van der Waals surface area contributed by atoms with Crippen LogP contribution in [-0.2, 0) is 14.3 Å². The molecule has 33 heavy (non-hydrogen) atoms. The Bertz CT molecular complexity index is 867. The molecule has 3 rings (SSSR count). The molecule has 2 aromatic carbocycles. The highest BCUT2D eigenvalue weighted by molar-refractivity contribution is 5.96. The van der Waals surface area contributed by atoms with Crippen molar-refractivity contribution >= 4 is 23.4 Å². The Labute approximate surface area is 194 Å². The fourth-order valence-electron chi connectivity index (χ4n) is 3.56. The molecule has 2 aromatic rings. The number of aliphatic carboxylic acids is 1. The Morgan fingerprint density at radius 3 is 2.30 bits per heavy atom. The first-order valence-corrected chi connectivity index (χ1v) is 11.1. The van der Waals surface area contributed by atoms with Crippen molar-refractivity contribution in [1.29, 1.82) is 0 Å². The molecule has 1 N–H and O–H groups in total. The minimum Gasteiger partial charge on any atom is -0.494 e. The molecule has 1 saturated carbocycles. The second-order valence-electron chi connectivity index (χ2n) is 7.65. The summed E-state index contributed by atoms with van der Waals surface area (Å²) in [5.41, 5.74) is 1.05. The van der Waals surface area contributed by atoms with Crippen molar-refractivity contribution in [2.75, 3.05) is 31.8 Å². The van der Waals surface area contributed by atoms with Crippen LogP contribution >= 0.6 is 0 Å². The molecule has 180 valence electrons. The number of benzene rings is 2. The molecule has 8 heteroatoms. The van der Waals surface area contributed by atoms with Gasteiger partial charge in [0, 0.05) is 7.11 Å². The normalized spacial score (nSPS) is 13.4. The molecule has 1 fully saturated rings. The van der Waals surface area contributed by atoms with Crippen molar-refractivity contribution in [2.24, 2.45) is 5.92 Å². The first kappa shape index (κ1) is 26.1. The number of nitrogens with zero attached hydrogens (tertiary/aromatic N) is 1. The van der Waals surface area contributed by atoms with Gasteiger partial charge < -0.3 is 19.3 Å². The van der Waals surface area contributed by atoms with Crippen LogP contribution in [0.1, 0.15) is 39.0 Å². The van der Waals surface area contributed by atoms with E-state index in [1.165, 1.54) is 43.4 Å². The number of anilines is 2. The van der Waals surface area contributed by atoms with Gasteiger partial charge in [0.1, 0.15) is 18.2 Å². The lowest BCUT2D eigenvalue weighted by Crippen LogP contribution is -2.29. The molecular weight excluding hydrogens is 429 g/mol. The minimum atomic E-state index is -0.933. The summed E-state index contributed by atoms with van der Waals surface area (Å²) in [6.45, 7) is 2.67. The molecule has 0 atom stereocenters. The van der Waals surface area contributed by atoms with Crippen LogP contribution in [0.15, 0.2) is 48.5 Å². The molecule has 0 heterocycles. The second kappa shape index (κ2) is 14.1. The third-order valence-corrected chi connectivity index (χ3v) is 5.09. The number of amides is 1. The van der Waals surface area contributed by atoms with E-state index in [4.69, 9.17) is 14.6 Å². The Hall–Kier alpha value is -3.13. The number of carbonyl (C=O) groups is 2. The Morgan fingerprint density at radius 1 is 1.06 bits per heavy atom. The van der Waals surface area contributed by atoms with E-state index < -0.39 is 17.9 Å². The molecule has 0 aliphatic heterocycles. The molecule has 1 aliphatic rings. The van der Waals surface area contributed by atoms with Gasteiger partial charge in [-0.3, -0.25) is 0 Å². The highest BCUT2D eigenvalue weighted by Crippen LogP contribution is 2.30. The van der Waals surface area contributed by atoms with E-state index in [1.807, 2.05) is 6.92 Å². The topological polar surface area (TPSA) is 85.3 Å². The number of methoxy groups -OCH3 is 1. The number of ether oxygens (including phenoxy) is 3. The molecular formula is C25H32FNO6. The number of carbonyl (C=O) groups excluding carboxylic acids is 1. The minimum absolute atomic E-state index is 0.208. The Morgan fingerprint density at radius 2 is 1.76 bits per heavy atom. The van der Waals surface area contributed by atoms with Crippen LogP contribution in [0.4, 0.5) is 20.6 Å². The van der Waals surface area contributed by atoms with Gasteiger partial charge in [0.15, 0.2) is 0 Å². The van der Waals surface area contributed by atoms with Crippen molar-refractivity contribution in [1.82, 2.24) is 0 Å². The number of halogens is 1. The number of carboxylic acid groups (broad SMARTS) is 1. The Kier molecular flexibility index (Phi) is 11.2. The van der Waals surface area contributed by atoms with Crippen molar-refractivity contribution in [3.05, 3.63) is 54.3 Å². The monoisotopic (exact) mass is 461 g/mol. The SMILES string of the molecule is CCOc1ccc(N(C(=O)OCC2CCCCC2)c2cccc(F)c2)cc1.COCC(=O)O. The number of hydrogen-bond donors (Lipinski definition) is 1. The fraction of sp³-hybridized carbons (Fsp3) is 0.440. The standard InChI is InChI=1S/C22H26FNO3.C3H6O3/c1-2-26-21-13-11-19(12-14-21)24(20-10-6-9-18(23)15-20)22(25)27-16-17-7-4-3-5-8-17;1-6-2-3(4)5/h6,9-15,17H,2-5,7-8,16H2,1H3;2H2,1H3,(H,4,5). The Balaban J connectivity index is 0.000000569. The van der Waals surface area contributed by atoms with Gasteiger partial charge in [-0.2, -0.15) is 0 Å². The van der Waals surface area contributed by atoms with Gasteiger partial charge in [-0.15, -0.1) is 0 Å². The summed E-state index contributed by atoms with van der Waals surface area (Å²) in [6.07, 6.45) is 5.33. The largest absolute Gasteiger partial charge is 0.494 e. The summed E-state index contributed by atoms with van der Waals surface area (Å²) >= 11 is 0. The van der Waals surface area contributed by atoms with Gasteiger partial charge in [-0.05, 0) is 68.1 Å². The first-order chi connectivity index (χ1) is 15.9. The lowest BCUT2D eigenvalue weighted by Gasteiger charge is -2.25. The maximum Gasteiger partial charge on any atom is 0.418 e. The molecule has 0 unspecified atom stereocenters.